The molecule has 4 saturated carbocycles. The van der Waals surface area contributed by atoms with Crippen LogP contribution in [0, 0.1) is 22.2 Å². The van der Waals surface area contributed by atoms with Crippen molar-refractivity contribution in [1.82, 2.24) is 0 Å². The van der Waals surface area contributed by atoms with Gasteiger partial charge in [0.15, 0.2) is 0 Å². The van der Waals surface area contributed by atoms with Crippen molar-refractivity contribution in [2.45, 2.75) is 194 Å². The van der Waals surface area contributed by atoms with Crippen LogP contribution in [0.5, 0.6) is 0 Å². The highest BCUT2D eigenvalue weighted by atomic mass is 16.1. The Hall–Kier alpha value is -0.990. The minimum atomic E-state index is 0.461. The second-order valence-corrected chi connectivity index (χ2v) is 15.1. The van der Waals surface area contributed by atoms with Gasteiger partial charge in [-0.2, -0.15) is 0 Å². The molecule has 0 spiro atoms. The summed E-state index contributed by atoms with van der Waals surface area (Å²) in [5.74, 6) is 2.30. The van der Waals surface area contributed by atoms with E-state index in [1.165, 1.54) is 96.3 Å². The van der Waals surface area contributed by atoms with Crippen molar-refractivity contribution in [2.75, 3.05) is 0 Å². The van der Waals surface area contributed by atoms with Gasteiger partial charge in [0.2, 0.25) is 0 Å². The fraction of sp³-hybridized carbons (Fsp3) is 0.919. The lowest BCUT2D eigenvalue weighted by Crippen LogP contribution is -2.56. The summed E-state index contributed by atoms with van der Waals surface area (Å²) in [5, 5.41) is 0. The van der Waals surface area contributed by atoms with E-state index >= 15 is 0 Å². The van der Waals surface area contributed by atoms with Gasteiger partial charge in [0, 0.05) is 38.5 Å². The van der Waals surface area contributed by atoms with Crippen molar-refractivity contribution >= 4 is 17.3 Å². The Bertz CT molecular complexity index is 685. The summed E-state index contributed by atoms with van der Waals surface area (Å²) in [5.41, 5.74) is 1.63. The van der Waals surface area contributed by atoms with Crippen LogP contribution < -0.4 is 0 Å². The lowest BCUT2D eigenvalue weighted by Gasteiger charge is -2.68. The predicted octanol–water partition coefficient (Wildman–Crippen LogP) is 10.9. The molecule has 0 unspecified atom stereocenters. The highest BCUT2D eigenvalue weighted by Crippen LogP contribution is 2.73. The van der Waals surface area contributed by atoms with Crippen molar-refractivity contribution in [3.63, 3.8) is 0 Å². The molecular formula is C37H64O3. The molecule has 4 fully saturated rings. The third-order valence-corrected chi connectivity index (χ3v) is 11.0. The molecule has 4 aliphatic rings. The lowest BCUT2D eigenvalue weighted by atomic mass is 9.37. The molecule has 4 aliphatic carbocycles. The molecule has 0 aliphatic heterocycles. The van der Waals surface area contributed by atoms with Crippen LogP contribution in [0.15, 0.2) is 0 Å². The van der Waals surface area contributed by atoms with E-state index in [1.807, 2.05) is 0 Å². The highest BCUT2D eigenvalue weighted by Gasteiger charge is 2.61. The van der Waals surface area contributed by atoms with Gasteiger partial charge < -0.3 is 0 Å². The second kappa shape index (κ2) is 16.6. The molecule has 0 aromatic heterocycles. The maximum Gasteiger partial charge on any atom is 0.132 e. The zero-order valence-electron chi connectivity index (χ0n) is 26.9. The van der Waals surface area contributed by atoms with E-state index in [0.717, 1.165) is 83.0 Å². The monoisotopic (exact) mass is 556 g/mol. The van der Waals surface area contributed by atoms with Crippen LogP contribution in [0.1, 0.15) is 194 Å². The molecule has 0 radical (unpaired) electrons. The number of rotatable bonds is 24. The summed E-state index contributed by atoms with van der Waals surface area (Å²) in [6.07, 6.45) is 31.3. The highest BCUT2D eigenvalue weighted by molar-refractivity contribution is 5.78. The molecule has 0 aromatic rings. The zero-order chi connectivity index (χ0) is 28.9. The van der Waals surface area contributed by atoms with Gasteiger partial charge in [-0.05, 0) is 118 Å². The van der Waals surface area contributed by atoms with Crippen LogP contribution >= 0.6 is 0 Å². The molecule has 0 aromatic carbocycles. The quantitative estimate of drug-likeness (QED) is 0.111. The molecule has 4 rings (SSSR count). The van der Waals surface area contributed by atoms with Gasteiger partial charge in [-0.1, -0.05) is 59.3 Å². The molecule has 4 bridgehead atoms. The van der Waals surface area contributed by atoms with Crippen LogP contribution in [0.2, 0.25) is 0 Å². The Morgan fingerprint density at radius 3 is 1.02 bits per heavy atom. The summed E-state index contributed by atoms with van der Waals surface area (Å²) in [6.45, 7) is 6.32. The van der Waals surface area contributed by atoms with Crippen LogP contribution in [-0.4, -0.2) is 17.3 Å². The normalized spacial score (nSPS) is 28.7. The van der Waals surface area contributed by atoms with Crippen LogP contribution in [0.4, 0.5) is 0 Å². The number of hydrogen-bond donors (Lipinski definition) is 0. The average Bonchev–Trinajstić information content (AvgIpc) is 2.87. The first-order valence-electron chi connectivity index (χ1n) is 17.8. The number of carbonyl (C=O) groups is 3. The molecule has 0 atom stereocenters. The smallest absolute Gasteiger partial charge is 0.132 e. The summed E-state index contributed by atoms with van der Waals surface area (Å²) < 4.78 is 0. The molecule has 0 amide bonds. The Labute approximate surface area is 247 Å². The van der Waals surface area contributed by atoms with E-state index in [0.29, 0.717) is 33.6 Å². The standard InChI is InChI=1S/C37H64O3/c1-4-16-32(38)19-10-7-13-22-35-25-31-26-36(28-35,23-14-8-11-20-33(39)17-5-2)30-37(27-31,29-35)24-15-9-12-21-34(40)18-6-3/h31H,4-30H2,1-3H3. The molecule has 3 nitrogen and oxygen atoms in total. The van der Waals surface area contributed by atoms with E-state index < -0.39 is 0 Å². The summed E-state index contributed by atoms with van der Waals surface area (Å²) in [6, 6.07) is 0. The van der Waals surface area contributed by atoms with E-state index in [-0.39, 0.29) is 0 Å². The second-order valence-electron chi connectivity index (χ2n) is 15.1. The molecule has 40 heavy (non-hydrogen) atoms. The van der Waals surface area contributed by atoms with Gasteiger partial charge in [-0.3, -0.25) is 14.4 Å². The van der Waals surface area contributed by atoms with Crippen molar-refractivity contribution in [3.05, 3.63) is 0 Å². The number of ketones is 3. The van der Waals surface area contributed by atoms with Gasteiger partial charge >= 0.3 is 0 Å². The number of hydrogen-bond acceptors (Lipinski definition) is 3. The van der Waals surface area contributed by atoms with Crippen molar-refractivity contribution in [1.29, 1.82) is 0 Å². The molecule has 3 heteroatoms. The van der Waals surface area contributed by atoms with E-state index in [2.05, 4.69) is 20.8 Å². The van der Waals surface area contributed by atoms with Crippen molar-refractivity contribution in [2.24, 2.45) is 22.2 Å². The Morgan fingerprint density at radius 1 is 0.450 bits per heavy atom. The molecule has 0 saturated heterocycles. The predicted molar refractivity (Wildman–Crippen MR) is 167 cm³/mol. The largest absolute Gasteiger partial charge is 0.300 e. The van der Waals surface area contributed by atoms with Gasteiger partial charge in [-0.15, -0.1) is 0 Å². The van der Waals surface area contributed by atoms with Gasteiger partial charge in [-0.25, -0.2) is 0 Å². The van der Waals surface area contributed by atoms with E-state index in [9.17, 15) is 14.4 Å². The van der Waals surface area contributed by atoms with Crippen molar-refractivity contribution < 1.29 is 14.4 Å². The molecule has 230 valence electrons. The molecule has 0 heterocycles. The fourth-order valence-electron chi connectivity index (χ4n) is 10.1. The van der Waals surface area contributed by atoms with Gasteiger partial charge in [0.05, 0.1) is 0 Å². The van der Waals surface area contributed by atoms with Crippen LogP contribution in [0.3, 0.4) is 0 Å². The summed E-state index contributed by atoms with van der Waals surface area (Å²) in [4.78, 5) is 36.0. The topological polar surface area (TPSA) is 51.2 Å². The Morgan fingerprint density at radius 2 is 0.750 bits per heavy atom. The first kappa shape index (κ1) is 33.5. The Balaban J connectivity index is 1.56. The van der Waals surface area contributed by atoms with E-state index in [1.54, 1.807) is 0 Å². The number of unbranched alkanes of at least 4 members (excludes halogenated alkanes) is 6. The maximum absolute atomic E-state index is 12.0. The fourth-order valence-corrected chi connectivity index (χ4v) is 10.1. The number of carbonyl (C=O) groups excluding carboxylic acids is 3. The minimum Gasteiger partial charge on any atom is -0.300 e. The van der Waals surface area contributed by atoms with Crippen molar-refractivity contribution in [3.8, 4) is 0 Å². The first-order chi connectivity index (χ1) is 19.3. The Kier molecular flexibility index (Phi) is 13.9. The summed E-state index contributed by atoms with van der Waals surface area (Å²) >= 11 is 0. The van der Waals surface area contributed by atoms with E-state index in [4.69, 9.17) is 0 Å². The molecular weight excluding hydrogens is 492 g/mol. The zero-order valence-corrected chi connectivity index (χ0v) is 26.9. The average molecular weight is 557 g/mol. The maximum atomic E-state index is 12.0. The third kappa shape index (κ3) is 10.4. The SMILES string of the molecule is CCCC(=O)CCCCCC12CC3CC(CCCCCC(=O)CCC)(C1)CC(CCCCCC(=O)CCC)(C3)C2. The first-order valence-corrected chi connectivity index (χ1v) is 17.8. The third-order valence-electron chi connectivity index (χ3n) is 11.0. The number of Topliss-reactive ketones (excluding diaryl/α,β-unsaturated/α-hetero) is 3. The van der Waals surface area contributed by atoms with Gasteiger partial charge in [0.1, 0.15) is 17.3 Å². The lowest BCUT2D eigenvalue weighted by molar-refractivity contribution is -0.168. The summed E-state index contributed by atoms with van der Waals surface area (Å²) in [7, 11) is 0. The molecule has 0 N–H and O–H groups in total. The van der Waals surface area contributed by atoms with Crippen LogP contribution in [-0.2, 0) is 14.4 Å². The van der Waals surface area contributed by atoms with Crippen LogP contribution in [0.25, 0.3) is 0 Å². The minimum absolute atomic E-state index is 0.461. The van der Waals surface area contributed by atoms with Gasteiger partial charge in [0.25, 0.3) is 0 Å².